The van der Waals surface area contributed by atoms with Crippen molar-refractivity contribution in [1.82, 2.24) is 24.7 Å². The predicted molar refractivity (Wildman–Crippen MR) is 81.6 cm³/mol. The molecule has 0 amide bonds. The van der Waals surface area contributed by atoms with Crippen LogP contribution in [0.1, 0.15) is 12.5 Å². The summed E-state index contributed by atoms with van der Waals surface area (Å²) < 4.78 is 40.3. The number of H-pyrrole nitrogens is 1. The molecule has 3 aromatic heterocycles. The van der Waals surface area contributed by atoms with Crippen LogP contribution in [0.25, 0.3) is 22.3 Å². The Bertz CT molecular complexity index is 853. The van der Waals surface area contributed by atoms with Crippen molar-refractivity contribution in [1.29, 1.82) is 0 Å². The summed E-state index contributed by atoms with van der Waals surface area (Å²) in [5.74, 6) is 0. The predicted octanol–water partition coefficient (Wildman–Crippen LogP) is 2.60. The molecule has 3 heterocycles. The number of thiocarbonyl (C=S) groups is 1. The molecule has 120 valence electrons. The van der Waals surface area contributed by atoms with Gasteiger partial charge in [-0.1, -0.05) is 12.2 Å². The zero-order valence-corrected chi connectivity index (χ0v) is 12.4. The number of hydrogen-bond acceptors (Lipinski definition) is 4. The molecule has 0 aliphatic heterocycles. The van der Waals surface area contributed by atoms with Crippen molar-refractivity contribution in [2.75, 3.05) is 0 Å². The molecule has 6 nitrogen and oxygen atoms in total. The van der Waals surface area contributed by atoms with E-state index in [1.165, 1.54) is 18.7 Å². The van der Waals surface area contributed by atoms with Gasteiger partial charge in [-0.3, -0.25) is 4.68 Å². The second-order valence-corrected chi connectivity index (χ2v) is 5.42. The Morgan fingerprint density at radius 3 is 2.87 bits per heavy atom. The summed E-state index contributed by atoms with van der Waals surface area (Å²) in [5, 5.41) is 4.51. The maximum absolute atomic E-state index is 13.2. The Labute approximate surface area is 133 Å². The lowest BCUT2D eigenvalue weighted by Crippen LogP contribution is -2.30. The fourth-order valence-corrected chi connectivity index (χ4v) is 2.44. The SMILES string of the molecule is NC(=S)C[C@H](n1cc(-c2ncnc3[nH]ccc23)cn1)C(F)(F)F. The third kappa shape index (κ3) is 3.02. The lowest BCUT2D eigenvalue weighted by atomic mass is 10.2. The molecule has 1 atom stereocenters. The molecule has 0 aromatic carbocycles. The molecule has 3 aromatic rings. The summed E-state index contributed by atoms with van der Waals surface area (Å²) in [4.78, 5) is 10.9. The number of alkyl halides is 3. The molecule has 23 heavy (non-hydrogen) atoms. The number of fused-ring (bicyclic) bond motifs is 1. The van der Waals surface area contributed by atoms with Gasteiger partial charge in [-0.2, -0.15) is 18.3 Å². The highest BCUT2D eigenvalue weighted by molar-refractivity contribution is 7.80. The molecule has 3 N–H and O–H groups in total. The minimum Gasteiger partial charge on any atom is -0.393 e. The number of rotatable bonds is 4. The van der Waals surface area contributed by atoms with Crippen molar-refractivity contribution in [2.24, 2.45) is 5.73 Å². The first-order chi connectivity index (χ1) is 10.9. The van der Waals surface area contributed by atoms with Crippen LogP contribution < -0.4 is 5.73 Å². The van der Waals surface area contributed by atoms with Crippen LogP contribution in [-0.4, -0.2) is 35.9 Å². The first kappa shape index (κ1) is 15.4. The second-order valence-electron chi connectivity index (χ2n) is 4.90. The highest BCUT2D eigenvalue weighted by atomic mass is 32.1. The fraction of sp³-hybridized carbons (Fsp3) is 0.231. The Hall–Kier alpha value is -2.49. The van der Waals surface area contributed by atoms with Crippen LogP contribution in [0.5, 0.6) is 0 Å². The van der Waals surface area contributed by atoms with Crippen LogP contribution in [0.2, 0.25) is 0 Å². The Balaban J connectivity index is 2.02. The number of hydrogen-bond donors (Lipinski definition) is 2. The van der Waals surface area contributed by atoms with Crippen molar-refractivity contribution in [3.8, 4) is 11.3 Å². The largest absolute Gasteiger partial charge is 0.411 e. The van der Waals surface area contributed by atoms with Crippen molar-refractivity contribution >= 4 is 28.2 Å². The van der Waals surface area contributed by atoms with Crippen LogP contribution in [0, 0.1) is 0 Å². The number of halogens is 3. The number of nitrogens with zero attached hydrogens (tertiary/aromatic N) is 4. The van der Waals surface area contributed by atoms with Crippen molar-refractivity contribution < 1.29 is 13.2 Å². The minimum atomic E-state index is -4.51. The summed E-state index contributed by atoms with van der Waals surface area (Å²) in [6, 6.07) is -0.157. The second kappa shape index (κ2) is 5.61. The number of aromatic nitrogens is 5. The van der Waals surface area contributed by atoms with E-state index in [4.69, 9.17) is 5.73 Å². The maximum Gasteiger partial charge on any atom is 0.411 e. The van der Waals surface area contributed by atoms with E-state index >= 15 is 0 Å². The summed E-state index contributed by atoms with van der Waals surface area (Å²) in [6.07, 6.45) is 0.601. The zero-order valence-electron chi connectivity index (χ0n) is 11.6. The quantitative estimate of drug-likeness (QED) is 0.713. The molecule has 0 saturated carbocycles. The summed E-state index contributed by atoms with van der Waals surface area (Å²) in [6.45, 7) is 0. The van der Waals surface area contributed by atoms with Crippen molar-refractivity contribution in [2.45, 2.75) is 18.6 Å². The number of nitrogens with two attached hydrogens (primary N) is 1. The average Bonchev–Trinajstić information content (AvgIpc) is 3.12. The topological polar surface area (TPSA) is 85.4 Å². The van der Waals surface area contributed by atoms with Gasteiger partial charge in [0.25, 0.3) is 0 Å². The Morgan fingerprint density at radius 1 is 1.39 bits per heavy atom. The number of nitrogens with one attached hydrogen (secondary N) is 1. The van der Waals surface area contributed by atoms with Crippen molar-refractivity contribution in [3.05, 3.63) is 31.0 Å². The highest BCUT2D eigenvalue weighted by Crippen LogP contribution is 2.34. The number of aromatic amines is 1. The molecule has 0 spiro atoms. The minimum absolute atomic E-state index is 0.223. The van der Waals surface area contributed by atoms with Gasteiger partial charge in [0.05, 0.1) is 16.9 Å². The van der Waals surface area contributed by atoms with Crippen LogP contribution in [0.3, 0.4) is 0 Å². The summed E-state index contributed by atoms with van der Waals surface area (Å²) in [5.41, 5.74) is 6.82. The molecular formula is C13H11F3N6S. The van der Waals surface area contributed by atoms with Crippen LogP contribution in [0.4, 0.5) is 13.2 Å². The molecular weight excluding hydrogens is 329 g/mol. The van der Waals surface area contributed by atoms with E-state index in [9.17, 15) is 13.2 Å². The van der Waals surface area contributed by atoms with Gasteiger partial charge in [-0.05, 0) is 6.07 Å². The maximum atomic E-state index is 13.2. The normalized spacial score (nSPS) is 13.3. The van der Waals surface area contributed by atoms with E-state index in [-0.39, 0.29) is 4.99 Å². The van der Waals surface area contributed by atoms with Gasteiger partial charge in [-0.25, -0.2) is 9.97 Å². The Kier molecular flexibility index (Phi) is 3.76. The first-order valence-electron chi connectivity index (χ1n) is 6.54. The fourth-order valence-electron chi connectivity index (χ4n) is 2.28. The molecule has 0 unspecified atom stereocenters. The molecule has 3 rings (SSSR count). The van der Waals surface area contributed by atoms with E-state index in [0.29, 0.717) is 22.3 Å². The highest BCUT2D eigenvalue weighted by Gasteiger charge is 2.42. The third-order valence-corrected chi connectivity index (χ3v) is 3.49. The standard InChI is InChI=1S/C13H11F3N6S/c14-13(15,16)9(3-10(17)23)22-5-7(4-21-22)11-8-1-2-18-12(8)20-6-19-11/h1-2,4-6,9H,3H2,(H2,17,23)(H,18,19,20)/t9-/m0/s1. The molecule has 0 bridgehead atoms. The van der Waals surface area contributed by atoms with E-state index in [1.807, 2.05) is 0 Å². The van der Waals surface area contributed by atoms with Gasteiger partial charge in [0.15, 0.2) is 6.04 Å². The van der Waals surface area contributed by atoms with Crippen LogP contribution >= 0.6 is 12.2 Å². The van der Waals surface area contributed by atoms with E-state index < -0.39 is 18.6 Å². The molecule has 10 heteroatoms. The smallest absolute Gasteiger partial charge is 0.393 e. The van der Waals surface area contributed by atoms with Gasteiger partial charge in [0.1, 0.15) is 12.0 Å². The molecule has 0 aliphatic carbocycles. The van der Waals surface area contributed by atoms with Crippen LogP contribution in [0.15, 0.2) is 31.0 Å². The summed E-state index contributed by atoms with van der Waals surface area (Å²) in [7, 11) is 0. The Morgan fingerprint density at radius 2 is 2.17 bits per heavy atom. The lowest BCUT2D eigenvalue weighted by molar-refractivity contribution is -0.168. The summed E-state index contributed by atoms with van der Waals surface area (Å²) >= 11 is 4.60. The van der Waals surface area contributed by atoms with Gasteiger partial charge in [-0.15, -0.1) is 0 Å². The van der Waals surface area contributed by atoms with Gasteiger partial charge in [0, 0.05) is 29.8 Å². The average molecular weight is 340 g/mol. The van der Waals surface area contributed by atoms with E-state index in [1.54, 1.807) is 12.3 Å². The van der Waals surface area contributed by atoms with Gasteiger partial charge in [0.2, 0.25) is 0 Å². The third-order valence-electron chi connectivity index (χ3n) is 3.32. The molecule has 0 aliphatic rings. The monoisotopic (exact) mass is 340 g/mol. The molecule has 0 fully saturated rings. The zero-order chi connectivity index (χ0) is 16.6. The van der Waals surface area contributed by atoms with Crippen LogP contribution in [-0.2, 0) is 0 Å². The molecule has 0 radical (unpaired) electrons. The molecule has 0 saturated heterocycles. The van der Waals surface area contributed by atoms with E-state index in [0.717, 1.165) is 4.68 Å². The van der Waals surface area contributed by atoms with Gasteiger partial charge < -0.3 is 10.7 Å². The van der Waals surface area contributed by atoms with E-state index in [2.05, 4.69) is 32.3 Å². The van der Waals surface area contributed by atoms with Gasteiger partial charge >= 0.3 is 6.18 Å². The first-order valence-corrected chi connectivity index (χ1v) is 6.94. The van der Waals surface area contributed by atoms with Crippen molar-refractivity contribution in [3.63, 3.8) is 0 Å². The lowest BCUT2D eigenvalue weighted by Gasteiger charge is -2.20.